The zero-order valence-corrected chi connectivity index (χ0v) is 10.6. The minimum atomic E-state index is -0.0439. The Morgan fingerprint density at radius 3 is 1.93 bits per heavy atom. The van der Waals surface area contributed by atoms with E-state index in [0.717, 1.165) is 25.9 Å². The van der Waals surface area contributed by atoms with Gasteiger partial charge in [-0.2, -0.15) is 0 Å². The van der Waals surface area contributed by atoms with Crippen LogP contribution >= 0.6 is 0 Å². The van der Waals surface area contributed by atoms with Crippen molar-refractivity contribution in [2.24, 2.45) is 5.41 Å². The van der Waals surface area contributed by atoms with Gasteiger partial charge in [-0.3, -0.25) is 0 Å². The first-order chi connectivity index (χ1) is 6.49. The molecule has 0 aromatic heterocycles. The van der Waals surface area contributed by atoms with Crippen molar-refractivity contribution in [3.63, 3.8) is 0 Å². The van der Waals surface area contributed by atoms with Crippen molar-refractivity contribution >= 4 is 0 Å². The number of hydrogen-bond donors (Lipinski definition) is 0. The number of rotatable bonds is 7. The molecule has 0 aliphatic heterocycles. The van der Waals surface area contributed by atoms with Crippen molar-refractivity contribution in [3.05, 3.63) is 0 Å². The van der Waals surface area contributed by atoms with Gasteiger partial charge in [0.05, 0.1) is 12.2 Å². The van der Waals surface area contributed by atoms with Crippen LogP contribution in [0.5, 0.6) is 0 Å². The summed E-state index contributed by atoms with van der Waals surface area (Å²) < 4.78 is 11.0. The Bertz CT molecular complexity index is 148. The molecule has 1 atom stereocenters. The van der Waals surface area contributed by atoms with E-state index in [-0.39, 0.29) is 11.0 Å². The van der Waals surface area contributed by atoms with Crippen LogP contribution in [0.15, 0.2) is 0 Å². The van der Waals surface area contributed by atoms with Gasteiger partial charge in [0.1, 0.15) is 0 Å². The average molecular weight is 202 g/mol. The van der Waals surface area contributed by atoms with Crippen molar-refractivity contribution in [2.45, 2.75) is 52.6 Å². The zero-order valence-electron chi connectivity index (χ0n) is 10.6. The summed E-state index contributed by atoms with van der Waals surface area (Å²) in [6.45, 7) is 9.58. The summed E-state index contributed by atoms with van der Waals surface area (Å²) in [4.78, 5) is 0. The molecule has 0 bridgehead atoms. The standard InChI is InChI=1S/C12H26O2/c1-7-9-12(8-2,14-6)11(3,4)10-13-5/h7-10H2,1-6H3. The molecule has 0 aromatic rings. The van der Waals surface area contributed by atoms with Crippen LogP contribution in [0.4, 0.5) is 0 Å². The van der Waals surface area contributed by atoms with Crippen molar-refractivity contribution in [2.75, 3.05) is 20.8 Å². The van der Waals surface area contributed by atoms with Crippen LogP contribution in [-0.2, 0) is 9.47 Å². The monoisotopic (exact) mass is 202 g/mol. The number of ether oxygens (including phenoxy) is 2. The first-order valence-corrected chi connectivity index (χ1v) is 5.53. The quantitative estimate of drug-likeness (QED) is 0.631. The maximum absolute atomic E-state index is 5.76. The molecule has 0 saturated carbocycles. The lowest BCUT2D eigenvalue weighted by atomic mass is 9.71. The average Bonchev–Trinajstić information content (AvgIpc) is 2.13. The second-order valence-corrected chi connectivity index (χ2v) is 4.62. The molecule has 2 nitrogen and oxygen atoms in total. The fraction of sp³-hybridized carbons (Fsp3) is 1.00. The predicted octanol–water partition coefficient (Wildman–Crippen LogP) is 3.25. The van der Waals surface area contributed by atoms with E-state index in [0.29, 0.717) is 0 Å². The van der Waals surface area contributed by atoms with E-state index in [1.807, 2.05) is 7.11 Å². The van der Waals surface area contributed by atoms with Gasteiger partial charge >= 0.3 is 0 Å². The normalized spacial score (nSPS) is 16.7. The lowest BCUT2D eigenvalue weighted by molar-refractivity contribution is -0.130. The Hall–Kier alpha value is -0.0800. The van der Waals surface area contributed by atoms with E-state index in [4.69, 9.17) is 9.47 Å². The van der Waals surface area contributed by atoms with Gasteiger partial charge in [0.2, 0.25) is 0 Å². The molecule has 0 aliphatic carbocycles. The molecule has 0 spiro atoms. The Morgan fingerprint density at radius 1 is 1.07 bits per heavy atom. The third-order valence-corrected chi connectivity index (χ3v) is 3.35. The highest BCUT2D eigenvalue weighted by Crippen LogP contribution is 2.40. The molecule has 0 heterocycles. The molecule has 0 amide bonds. The predicted molar refractivity (Wildman–Crippen MR) is 60.6 cm³/mol. The first kappa shape index (κ1) is 13.9. The Labute approximate surface area is 89.0 Å². The molecule has 0 aromatic carbocycles. The van der Waals surface area contributed by atoms with Gasteiger partial charge in [-0.1, -0.05) is 34.1 Å². The van der Waals surface area contributed by atoms with Gasteiger partial charge in [-0.05, 0) is 12.8 Å². The van der Waals surface area contributed by atoms with Crippen LogP contribution in [0.1, 0.15) is 47.0 Å². The van der Waals surface area contributed by atoms with Gasteiger partial charge < -0.3 is 9.47 Å². The largest absolute Gasteiger partial charge is 0.384 e. The maximum atomic E-state index is 5.76. The zero-order chi connectivity index (χ0) is 11.2. The van der Waals surface area contributed by atoms with Crippen molar-refractivity contribution in [1.82, 2.24) is 0 Å². The van der Waals surface area contributed by atoms with Crippen LogP contribution in [0.25, 0.3) is 0 Å². The molecular weight excluding hydrogens is 176 g/mol. The topological polar surface area (TPSA) is 18.5 Å². The van der Waals surface area contributed by atoms with E-state index in [1.165, 1.54) is 0 Å². The van der Waals surface area contributed by atoms with Crippen LogP contribution in [-0.4, -0.2) is 26.4 Å². The van der Waals surface area contributed by atoms with Crippen LogP contribution in [0.2, 0.25) is 0 Å². The summed E-state index contributed by atoms with van der Waals surface area (Å²) in [6.07, 6.45) is 3.28. The minimum Gasteiger partial charge on any atom is -0.384 e. The summed E-state index contributed by atoms with van der Waals surface area (Å²) >= 11 is 0. The molecule has 0 N–H and O–H groups in total. The summed E-state index contributed by atoms with van der Waals surface area (Å²) in [5, 5.41) is 0. The van der Waals surface area contributed by atoms with Crippen molar-refractivity contribution in [1.29, 1.82) is 0 Å². The SMILES string of the molecule is CCCC(CC)(OC)C(C)(C)COC. The molecule has 0 radical (unpaired) electrons. The van der Waals surface area contributed by atoms with E-state index in [1.54, 1.807) is 7.11 Å². The first-order valence-electron chi connectivity index (χ1n) is 5.53. The fourth-order valence-corrected chi connectivity index (χ4v) is 2.41. The molecule has 0 saturated heterocycles. The smallest absolute Gasteiger partial charge is 0.0748 e. The molecule has 2 heteroatoms. The molecule has 0 aliphatic rings. The fourth-order valence-electron chi connectivity index (χ4n) is 2.41. The van der Waals surface area contributed by atoms with Gasteiger partial charge in [0.25, 0.3) is 0 Å². The van der Waals surface area contributed by atoms with Gasteiger partial charge in [-0.15, -0.1) is 0 Å². The highest BCUT2D eigenvalue weighted by Gasteiger charge is 2.43. The number of hydrogen-bond acceptors (Lipinski definition) is 2. The third-order valence-electron chi connectivity index (χ3n) is 3.35. The third kappa shape index (κ3) is 2.71. The summed E-state index contributed by atoms with van der Waals surface area (Å²) in [5.41, 5.74) is 0.0268. The van der Waals surface area contributed by atoms with Gasteiger partial charge in [0.15, 0.2) is 0 Å². The maximum Gasteiger partial charge on any atom is 0.0748 e. The van der Waals surface area contributed by atoms with Crippen LogP contribution in [0, 0.1) is 5.41 Å². The van der Waals surface area contributed by atoms with Crippen molar-refractivity contribution < 1.29 is 9.47 Å². The highest BCUT2D eigenvalue weighted by molar-refractivity contribution is 4.93. The van der Waals surface area contributed by atoms with Crippen LogP contribution in [0.3, 0.4) is 0 Å². The molecule has 0 fully saturated rings. The molecule has 86 valence electrons. The Morgan fingerprint density at radius 2 is 1.64 bits per heavy atom. The lowest BCUT2D eigenvalue weighted by Gasteiger charge is -2.45. The lowest BCUT2D eigenvalue weighted by Crippen LogP contribution is -2.48. The van der Waals surface area contributed by atoms with Gasteiger partial charge in [0, 0.05) is 19.6 Å². The number of methoxy groups -OCH3 is 2. The van der Waals surface area contributed by atoms with E-state index in [2.05, 4.69) is 27.7 Å². The van der Waals surface area contributed by atoms with E-state index >= 15 is 0 Å². The van der Waals surface area contributed by atoms with Crippen molar-refractivity contribution in [3.8, 4) is 0 Å². The second-order valence-electron chi connectivity index (χ2n) is 4.62. The molecule has 14 heavy (non-hydrogen) atoms. The van der Waals surface area contributed by atoms with Crippen LogP contribution < -0.4 is 0 Å². The molecular formula is C12H26O2. The molecule has 0 rings (SSSR count). The Balaban J connectivity index is 4.75. The van der Waals surface area contributed by atoms with E-state index in [9.17, 15) is 0 Å². The Kier molecular flexibility index (Phi) is 5.68. The summed E-state index contributed by atoms with van der Waals surface area (Å²) in [5.74, 6) is 0. The second kappa shape index (κ2) is 5.72. The highest BCUT2D eigenvalue weighted by atomic mass is 16.5. The van der Waals surface area contributed by atoms with Gasteiger partial charge in [-0.25, -0.2) is 0 Å². The summed E-state index contributed by atoms with van der Waals surface area (Å²) in [6, 6.07) is 0. The minimum absolute atomic E-state index is 0.0439. The molecule has 1 unspecified atom stereocenters. The van der Waals surface area contributed by atoms with E-state index < -0.39 is 0 Å². The summed E-state index contributed by atoms with van der Waals surface area (Å²) in [7, 11) is 3.57.